The summed E-state index contributed by atoms with van der Waals surface area (Å²) in [6.45, 7) is 18.0. The van der Waals surface area contributed by atoms with Crippen LogP contribution in [0.15, 0.2) is 60.7 Å². The van der Waals surface area contributed by atoms with Crippen molar-refractivity contribution in [1.82, 2.24) is 4.90 Å². The van der Waals surface area contributed by atoms with E-state index in [1.54, 1.807) is 0 Å². The van der Waals surface area contributed by atoms with Gasteiger partial charge in [0.1, 0.15) is 15.3 Å². The van der Waals surface area contributed by atoms with Gasteiger partial charge in [0.2, 0.25) is 0 Å². The van der Waals surface area contributed by atoms with Gasteiger partial charge in [-0.3, -0.25) is 4.90 Å². The van der Waals surface area contributed by atoms with Crippen molar-refractivity contribution < 1.29 is 4.74 Å². The van der Waals surface area contributed by atoms with E-state index in [-0.39, 0.29) is 10.6 Å². The molecule has 0 unspecified atom stereocenters. The third kappa shape index (κ3) is 10.0. The first-order chi connectivity index (χ1) is 14.6. The van der Waals surface area contributed by atoms with Crippen LogP contribution in [0.5, 0.6) is 5.75 Å². The lowest BCUT2D eigenvalue weighted by Gasteiger charge is -2.27. The van der Waals surface area contributed by atoms with Crippen molar-refractivity contribution in [2.45, 2.75) is 60.2 Å². The van der Waals surface area contributed by atoms with Crippen molar-refractivity contribution in [1.29, 1.82) is 0 Å². The summed E-state index contributed by atoms with van der Waals surface area (Å²) in [5.41, 5.74) is 2.65. The van der Waals surface area contributed by atoms with E-state index in [9.17, 15) is 0 Å². The maximum Gasteiger partial charge on any atom is 0.119 e. The Morgan fingerprint density at radius 2 is 1.77 bits per heavy atom. The molecule has 0 spiro atoms. The van der Waals surface area contributed by atoms with Crippen molar-refractivity contribution in [2.24, 2.45) is 5.41 Å². The molecule has 0 aliphatic carbocycles. The second kappa shape index (κ2) is 11.4. The van der Waals surface area contributed by atoms with Crippen LogP contribution in [0.3, 0.4) is 0 Å². The zero-order valence-corrected chi connectivity index (χ0v) is 21.9. The Morgan fingerprint density at radius 3 is 2.45 bits per heavy atom. The predicted molar refractivity (Wildman–Crippen MR) is 138 cm³/mol. The van der Waals surface area contributed by atoms with Crippen molar-refractivity contribution >= 4 is 14.7 Å². The fraction of sp³-hybridized carbons (Fsp3) is 0.429. The van der Waals surface area contributed by atoms with E-state index in [1.807, 2.05) is 6.08 Å². The summed E-state index contributed by atoms with van der Waals surface area (Å²) in [6, 6.07) is 17.4. The maximum absolute atomic E-state index is 6.46. The molecule has 2 rings (SSSR count). The Labute approximate surface area is 192 Å². The Hall–Kier alpha value is -2.28. The fourth-order valence-corrected chi connectivity index (χ4v) is 5.36. The summed E-state index contributed by atoms with van der Waals surface area (Å²) in [4.78, 5) is 2.40. The smallest absolute Gasteiger partial charge is 0.119 e. The average Bonchev–Trinajstić information content (AvgIpc) is 2.65. The van der Waals surface area contributed by atoms with Gasteiger partial charge < -0.3 is 4.74 Å². The topological polar surface area (TPSA) is 12.5 Å². The molecule has 31 heavy (non-hydrogen) atoms. The van der Waals surface area contributed by atoms with Gasteiger partial charge >= 0.3 is 0 Å². The van der Waals surface area contributed by atoms with Gasteiger partial charge in [0.15, 0.2) is 0 Å². The SMILES string of the molecule is CCN(CC=CC#CC(C)(C)C)Cc1cccc(OC(C)(C)[SiH2]c2cccc(C)c2)c1. The lowest BCUT2D eigenvalue weighted by Crippen LogP contribution is -2.42. The minimum atomic E-state index is -0.569. The van der Waals surface area contributed by atoms with Crippen LogP contribution in [0, 0.1) is 24.2 Å². The van der Waals surface area contributed by atoms with Crippen molar-refractivity contribution in [3.8, 4) is 17.6 Å². The number of ether oxygens (including phenoxy) is 1. The molecule has 166 valence electrons. The Morgan fingerprint density at radius 1 is 1.03 bits per heavy atom. The molecule has 0 aliphatic heterocycles. The molecule has 2 aromatic rings. The normalized spacial score (nSPS) is 12.5. The van der Waals surface area contributed by atoms with Crippen LogP contribution >= 0.6 is 0 Å². The number of likely N-dealkylation sites (N-methyl/N-ethyl adjacent to an activating group) is 1. The van der Waals surface area contributed by atoms with E-state index < -0.39 is 9.52 Å². The van der Waals surface area contributed by atoms with Crippen molar-refractivity contribution in [3.63, 3.8) is 0 Å². The van der Waals surface area contributed by atoms with E-state index >= 15 is 0 Å². The second-order valence-electron chi connectivity index (χ2n) is 9.92. The summed E-state index contributed by atoms with van der Waals surface area (Å²) in [5, 5.41) is 1.31. The molecule has 0 heterocycles. The molecule has 0 amide bonds. The highest BCUT2D eigenvalue weighted by atomic mass is 28.2. The zero-order valence-electron chi connectivity index (χ0n) is 20.5. The third-order valence-corrected chi connectivity index (χ3v) is 6.71. The molecule has 0 aliphatic rings. The minimum Gasteiger partial charge on any atom is -0.492 e. The maximum atomic E-state index is 6.46. The molecule has 0 N–H and O–H groups in total. The standard InChI is InChI=1S/C28H39NOSi/c1-8-29(19-11-9-10-18-27(3,4)5)22-24-15-13-16-25(21-24)30-28(6,7)31-26-17-12-14-23(2)20-26/h9,11-17,20-21H,8,19,22,31H2,1-7H3. The highest BCUT2D eigenvalue weighted by Crippen LogP contribution is 2.20. The predicted octanol–water partition coefficient (Wildman–Crippen LogP) is 5.03. The fourth-order valence-electron chi connectivity index (χ4n) is 3.46. The third-order valence-electron chi connectivity index (χ3n) is 4.87. The lowest BCUT2D eigenvalue weighted by molar-refractivity contribution is 0.195. The second-order valence-corrected chi connectivity index (χ2v) is 12.8. The van der Waals surface area contributed by atoms with Crippen LogP contribution in [-0.4, -0.2) is 32.7 Å². The highest BCUT2D eigenvalue weighted by molar-refractivity contribution is 6.56. The molecule has 2 aromatic carbocycles. The molecular weight excluding hydrogens is 394 g/mol. The van der Waals surface area contributed by atoms with Gasteiger partial charge in [-0.1, -0.05) is 72.0 Å². The van der Waals surface area contributed by atoms with Gasteiger partial charge in [-0.25, -0.2) is 0 Å². The summed E-state index contributed by atoms with van der Waals surface area (Å²) in [5.74, 6) is 7.36. The molecule has 0 radical (unpaired) electrons. The van der Waals surface area contributed by atoms with Crippen LogP contribution in [0.1, 0.15) is 52.7 Å². The zero-order chi connectivity index (χ0) is 22.9. The largest absolute Gasteiger partial charge is 0.492 e. The Balaban J connectivity index is 1.98. The summed E-state index contributed by atoms with van der Waals surface area (Å²) in [7, 11) is -0.569. The van der Waals surface area contributed by atoms with Gasteiger partial charge in [0.05, 0.1) is 5.22 Å². The molecule has 3 heteroatoms. The highest BCUT2D eigenvalue weighted by Gasteiger charge is 2.21. The first-order valence-corrected chi connectivity index (χ1v) is 12.7. The molecule has 2 nitrogen and oxygen atoms in total. The summed E-state index contributed by atoms with van der Waals surface area (Å²) >= 11 is 0. The number of benzene rings is 2. The number of aryl methyl sites for hydroxylation is 1. The quantitative estimate of drug-likeness (QED) is 0.406. The molecule has 0 aromatic heterocycles. The minimum absolute atomic E-state index is 0.0468. The van der Waals surface area contributed by atoms with Crippen LogP contribution in [0.4, 0.5) is 0 Å². The molecule has 0 atom stereocenters. The van der Waals surface area contributed by atoms with Gasteiger partial charge in [0.25, 0.3) is 0 Å². The molecule has 0 fully saturated rings. The van der Waals surface area contributed by atoms with E-state index in [0.29, 0.717) is 0 Å². The number of hydrogen-bond donors (Lipinski definition) is 0. The number of rotatable bonds is 9. The molecule has 0 bridgehead atoms. The van der Waals surface area contributed by atoms with Gasteiger partial charge in [-0.15, -0.1) is 0 Å². The van der Waals surface area contributed by atoms with E-state index in [0.717, 1.165) is 25.4 Å². The first-order valence-electron chi connectivity index (χ1n) is 11.3. The van der Waals surface area contributed by atoms with E-state index in [2.05, 4.69) is 120 Å². The van der Waals surface area contributed by atoms with E-state index in [4.69, 9.17) is 4.74 Å². The lowest BCUT2D eigenvalue weighted by atomic mass is 9.98. The number of hydrogen-bond acceptors (Lipinski definition) is 2. The van der Waals surface area contributed by atoms with Crippen LogP contribution in [0.25, 0.3) is 0 Å². The molecule has 0 saturated heterocycles. The van der Waals surface area contributed by atoms with Gasteiger partial charge in [0, 0.05) is 18.5 Å². The number of nitrogens with zero attached hydrogens (tertiary/aromatic N) is 1. The monoisotopic (exact) mass is 433 g/mol. The van der Waals surface area contributed by atoms with E-state index in [1.165, 1.54) is 16.3 Å². The first kappa shape index (κ1) is 25.0. The van der Waals surface area contributed by atoms with Crippen molar-refractivity contribution in [2.75, 3.05) is 13.1 Å². The van der Waals surface area contributed by atoms with Crippen LogP contribution in [0.2, 0.25) is 0 Å². The average molecular weight is 434 g/mol. The summed E-state index contributed by atoms with van der Waals surface area (Å²) in [6.07, 6.45) is 4.13. The van der Waals surface area contributed by atoms with Crippen LogP contribution < -0.4 is 9.92 Å². The molecule has 0 saturated carbocycles. The summed E-state index contributed by atoms with van der Waals surface area (Å²) < 4.78 is 6.46. The Bertz CT molecular complexity index is 928. The van der Waals surface area contributed by atoms with Gasteiger partial charge in [-0.05, 0) is 71.9 Å². The van der Waals surface area contributed by atoms with Crippen LogP contribution in [-0.2, 0) is 6.54 Å². The van der Waals surface area contributed by atoms with Gasteiger partial charge in [-0.2, -0.15) is 0 Å². The van der Waals surface area contributed by atoms with Crippen molar-refractivity contribution in [3.05, 3.63) is 71.8 Å². The Kier molecular flexibility index (Phi) is 9.16. The molecular formula is C28H39NOSi. The number of allylic oxidation sites excluding steroid dienone is 1.